The highest BCUT2D eigenvalue weighted by Crippen LogP contribution is 2.32. The van der Waals surface area contributed by atoms with Gasteiger partial charge >= 0.3 is 12.1 Å². The lowest BCUT2D eigenvalue weighted by atomic mass is 10.1. The predicted octanol–water partition coefficient (Wildman–Crippen LogP) is 7.75. The van der Waals surface area contributed by atoms with Crippen LogP contribution in [0.25, 0.3) is 11.3 Å². The van der Waals surface area contributed by atoms with E-state index in [4.69, 9.17) is 21.4 Å². The summed E-state index contributed by atoms with van der Waals surface area (Å²) < 4.78 is 44.9. The number of aromatic nitrogens is 1. The Morgan fingerprint density at radius 2 is 1.85 bits per heavy atom. The molecule has 0 aliphatic rings. The number of alkyl halides is 3. The Morgan fingerprint density at radius 1 is 1.12 bits per heavy atom. The van der Waals surface area contributed by atoms with Crippen LogP contribution < -0.4 is 4.74 Å². The minimum atomic E-state index is -4.39. The van der Waals surface area contributed by atoms with E-state index in [1.165, 1.54) is 12.1 Å². The molecule has 3 aromatic rings. The van der Waals surface area contributed by atoms with Crippen molar-refractivity contribution in [2.24, 2.45) is 0 Å². The number of carboxylic acid groups (broad SMARTS) is 1. The van der Waals surface area contributed by atoms with Crippen LogP contribution >= 0.6 is 11.6 Å². The van der Waals surface area contributed by atoms with Crippen molar-refractivity contribution < 1.29 is 27.8 Å². The maximum Gasteiger partial charge on any atom is 0.416 e. The van der Waals surface area contributed by atoms with Crippen molar-refractivity contribution in [3.63, 3.8) is 0 Å². The minimum absolute atomic E-state index is 0.0142. The number of aliphatic carboxylic acids is 1. The van der Waals surface area contributed by atoms with E-state index in [2.05, 4.69) is 11.9 Å². The smallest absolute Gasteiger partial charge is 0.416 e. The third-order valence-electron chi connectivity index (χ3n) is 5.34. The fraction of sp³-hybridized carbons (Fsp3) is 0.308. The van der Waals surface area contributed by atoms with Crippen molar-refractivity contribution in [1.82, 2.24) is 4.98 Å². The number of ether oxygens (including phenoxy) is 1. The number of carbonyl (C=O) groups is 1. The van der Waals surface area contributed by atoms with E-state index >= 15 is 0 Å². The van der Waals surface area contributed by atoms with Crippen LogP contribution in [0.2, 0.25) is 5.02 Å². The second-order valence-corrected chi connectivity index (χ2v) is 8.33. The van der Waals surface area contributed by atoms with Crippen molar-refractivity contribution in [3.8, 4) is 17.0 Å². The molecule has 0 radical (unpaired) electrons. The Hall–Kier alpha value is -3.06. The Kier molecular flexibility index (Phi) is 8.56. The molecule has 34 heavy (non-hydrogen) atoms. The zero-order chi connectivity index (χ0) is 24.7. The summed E-state index contributed by atoms with van der Waals surface area (Å²) >= 11 is 6.33. The molecule has 1 N–H and O–H groups in total. The third-order valence-corrected chi connectivity index (χ3v) is 5.69. The molecule has 0 aliphatic heterocycles. The summed E-state index contributed by atoms with van der Waals surface area (Å²) in [5.74, 6) is -0.359. The van der Waals surface area contributed by atoms with Crippen molar-refractivity contribution in [1.29, 1.82) is 0 Å². The van der Waals surface area contributed by atoms with Crippen molar-refractivity contribution in [3.05, 3.63) is 82.5 Å². The normalized spacial score (nSPS) is 12.4. The molecule has 4 nitrogen and oxygen atoms in total. The van der Waals surface area contributed by atoms with Gasteiger partial charge < -0.3 is 9.84 Å². The molecule has 180 valence electrons. The Labute approximate surface area is 201 Å². The van der Waals surface area contributed by atoms with Gasteiger partial charge in [-0.1, -0.05) is 49.2 Å². The monoisotopic (exact) mass is 491 g/mol. The SMILES string of the molecule is CCCC[C@@H](Oc1ccc(CCC(=O)O)c(Cl)c1)c1cccc(-c2ccc(C(F)(F)F)cc2)n1. The van der Waals surface area contributed by atoms with Crippen LogP contribution in [0.3, 0.4) is 0 Å². The molecule has 8 heteroatoms. The standard InChI is InChI=1S/C26H25ClF3NO3/c1-2-3-7-24(34-20-14-10-17(21(27)16-20)11-15-25(32)33)23-6-4-5-22(31-23)18-8-12-19(13-9-18)26(28,29)30/h4-6,8-10,12-14,16,24H,2-3,7,11,15H2,1H3,(H,32,33)/t24-/m1/s1. The number of halogens is 4. The van der Waals surface area contributed by atoms with Crippen molar-refractivity contribution in [2.75, 3.05) is 0 Å². The zero-order valence-electron chi connectivity index (χ0n) is 18.6. The van der Waals surface area contributed by atoms with E-state index in [9.17, 15) is 18.0 Å². The van der Waals surface area contributed by atoms with E-state index in [1.54, 1.807) is 30.3 Å². The van der Waals surface area contributed by atoms with Gasteiger partial charge in [-0.2, -0.15) is 13.2 Å². The van der Waals surface area contributed by atoms with Crippen molar-refractivity contribution in [2.45, 2.75) is 51.3 Å². The number of pyridine rings is 1. The quantitative estimate of drug-likeness (QED) is 0.315. The van der Waals surface area contributed by atoms with Crippen LogP contribution in [0.5, 0.6) is 5.75 Å². The number of carboxylic acids is 1. The molecule has 0 spiro atoms. The summed E-state index contributed by atoms with van der Waals surface area (Å²) in [6.45, 7) is 2.07. The summed E-state index contributed by atoms with van der Waals surface area (Å²) in [4.78, 5) is 15.5. The zero-order valence-corrected chi connectivity index (χ0v) is 19.4. The molecular weight excluding hydrogens is 467 g/mol. The van der Waals surface area contributed by atoms with Crippen molar-refractivity contribution >= 4 is 17.6 Å². The molecule has 0 fully saturated rings. The molecular formula is C26H25ClF3NO3. The topological polar surface area (TPSA) is 59.4 Å². The number of aryl methyl sites for hydroxylation is 1. The van der Waals surface area contributed by atoms with E-state index in [0.717, 1.165) is 30.5 Å². The number of rotatable bonds is 10. The lowest BCUT2D eigenvalue weighted by Gasteiger charge is -2.20. The summed E-state index contributed by atoms with van der Waals surface area (Å²) in [7, 11) is 0. The number of unbranched alkanes of at least 4 members (excludes halogenated alkanes) is 1. The molecule has 0 saturated heterocycles. The Balaban J connectivity index is 1.83. The molecule has 1 aromatic heterocycles. The van der Waals surface area contributed by atoms with E-state index in [-0.39, 0.29) is 12.5 Å². The van der Waals surface area contributed by atoms with E-state index in [1.807, 2.05) is 6.07 Å². The lowest BCUT2D eigenvalue weighted by molar-refractivity contribution is -0.138. The predicted molar refractivity (Wildman–Crippen MR) is 125 cm³/mol. The fourth-order valence-electron chi connectivity index (χ4n) is 3.49. The molecule has 0 unspecified atom stereocenters. The minimum Gasteiger partial charge on any atom is -0.484 e. The van der Waals surface area contributed by atoms with Gasteiger partial charge in [0.25, 0.3) is 0 Å². The van der Waals surface area contributed by atoms with Crippen LogP contribution in [0.15, 0.2) is 60.7 Å². The van der Waals surface area contributed by atoms with Crippen LogP contribution in [-0.2, 0) is 17.4 Å². The van der Waals surface area contributed by atoms with Gasteiger partial charge in [0.15, 0.2) is 0 Å². The highest BCUT2D eigenvalue weighted by molar-refractivity contribution is 6.31. The first-order chi connectivity index (χ1) is 16.2. The van der Waals surface area contributed by atoms with Gasteiger partial charge in [0, 0.05) is 17.0 Å². The first-order valence-corrected chi connectivity index (χ1v) is 11.4. The average molecular weight is 492 g/mol. The average Bonchev–Trinajstić information content (AvgIpc) is 2.80. The number of hydrogen-bond acceptors (Lipinski definition) is 3. The van der Waals surface area contributed by atoms with Gasteiger partial charge in [0.1, 0.15) is 11.9 Å². The van der Waals surface area contributed by atoms with E-state index < -0.39 is 17.7 Å². The second-order valence-electron chi connectivity index (χ2n) is 7.92. The number of benzene rings is 2. The molecule has 0 saturated carbocycles. The highest BCUT2D eigenvalue weighted by atomic mass is 35.5. The van der Waals surface area contributed by atoms with Crippen LogP contribution in [-0.4, -0.2) is 16.1 Å². The third kappa shape index (κ3) is 6.97. The maximum atomic E-state index is 12.9. The first kappa shape index (κ1) is 25.6. The number of nitrogens with zero attached hydrogens (tertiary/aromatic N) is 1. The van der Waals surface area contributed by atoms with Gasteiger partial charge in [-0.25, -0.2) is 4.98 Å². The van der Waals surface area contributed by atoms with Crippen LogP contribution in [0.1, 0.15) is 55.5 Å². The fourth-order valence-corrected chi connectivity index (χ4v) is 3.75. The van der Waals surface area contributed by atoms with Gasteiger partial charge in [-0.05, 0) is 61.2 Å². The molecule has 0 bridgehead atoms. The summed E-state index contributed by atoms with van der Waals surface area (Å²) in [6, 6.07) is 15.5. The molecule has 1 heterocycles. The maximum absolute atomic E-state index is 12.9. The van der Waals surface area contributed by atoms with Gasteiger partial charge in [-0.3, -0.25) is 4.79 Å². The highest BCUT2D eigenvalue weighted by Gasteiger charge is 2.30. The largest absolute Gasteiger partial charge is 0.484 e. The van der Waals surface area contributed by atoms with Crippen LogP contribution in [0, 0.1) is 0 Å². The first-order valence-electron chi connectivity index (χ1n) is 11.0. The molecule has 3 rings (SSSR count). The van der Waals surface area contributed by atoms with Gasteiger partial charge in [-0.15, -0.1) is 0 Å². The molecule has 0 aliphatic carbocycles. The Bertz CT molecular complexity index is 1120. The summed E-state index contributed by atoms with van der Waals surface area (Å²) in [6.07, 6.45) is -1.93. The molecule has 0 amide bonds. The summed E-state index contributed by atoms with van der Waals surface area (Å²) in [5.41, 5.74) is 1.81. The number of hydrogen-bond donors (Lipinski definition) is 1. The molecule has 2 aromatic carbocycles. The Morgan fingerprint density at radius 3 is 2.47 bits per heavy atom. The second kappa shape index (κ2) is 11.4. The van der Waals surface area contributed by atoms with E-state index in [0.29, 0.717) is 40.6 Å². The van der Waals surface area contributed by atoms with Crippen LogP contribution in [0.4, 0.5) is 13.2 Å². The van der Waals surface area contributed by atoms with Gasteiger partial charge in [0.05, 0.1) is 17.0 Å². The lowest BCUT2D eigenvalue weighted by Crippen LogP contribution is -2.10. The molecule has 1 atom stereocenters. The summed E-state index contributed by atoms with van der Waals surface area (Å²) in [5, 5.41) is 9.31. The van der Waals surface area contributed by atoms with Gasteiger partial charge in [0.2, 0.25) is 0 Å².